The maximum Gasteiger partial charge on any atom is 0.243 e. The zero-order valence-electron chi connectivity index (χ0n) is 17.0. The molecule has 2 heterocycles. The van der Waals surface area contributed by atoms with E-state index in [2.05, 4.69) is 10.2 Å². The van der Waals surface area contributed by atoms with Gasteiger partial charge in [-0.05, 0) is 63.4 Å². The van der Waals surface area contributed by atoms with Gasteiger partial charge in [0, 0.05) is 18.8 Å². The lowest BCUT2D eigenvalue weighted by Gasteiger charge is -2.27. The summed E-state index contributed by atoms with van der Waals surface area (Å²) in [5.41, 5.74) is 1.27. The molecule has 0 unspecified atom stereocenters. The molecule has 0 aliphatic carbocycles. The van der Waals surface area contributed by atoms with E-state index in [9.17, 15) is 13.2 Å². The molecule has 0 saturated carbocycles. The Morgan fingerprint density at radius 1 is 0.929 bits per heavy atom. The largest absolute Gasteiger partial charge is 0.325 e. The van der Waals surface area contributed by atoms with E-state index in [1.165, 1.54) is 19.3 Å². The maximum atomic E-state index is 13.0. The molecular weight excluding hydrogens is 374 g/mol. The minimum Gasteiger partial charge on any atom is -0.325 e. The minimum atomic E-state index is -3.52. The van der Waals surface area contributed by atoms with Gasteiger partial charge >= 0.3 is 0 Å². The van der Waals surface area contributed by atoms with E-state index in [-0.39, 0.29) is 5.91 Å². The number of rotatable bonds is 5. The zero-order chi connectivity index (χ0) is 20.0. The summed E-state index contributed by atoms with van der Waals surface area (Å²) in [6, 6.07) is 5.18. The molecule has 1 aromatic carbocycles. The second-order valence-corrected chi connectivity index (χ2v) is 9.94. The highest BCUT2D eigenvalue weighted by molar-refractivity contribution is 7.89. The van der Waals surface area contributed by atoms with Crippen molar-refractivity contribution in [3.63, 3.8) is 0 Å². The van der Waals surface area contributed by atoms with Crippen LogP contribution in [0.3, 0.4) is 0 Å². The van der Waals surface area contributed by atoms with Crippen LogP contribution >= 0.6 is 0 Å². The van der Waals surface area contributed by atoms with E-state index in [1.54, 1.807) is 22.5 Å². The number of nitrogens with one attached hydrogen (secondary N) is 1. The molecule has 28 heavy (non-hydrogen) atoms. The average molecular weight is 408 g/mol. The second-order valence-electron chi connectivity index (χ2n) is 8.04. The van der Waals surface area contributed by atoms with Crippen LogP contribution in [0.1, 0.15) is 56.9 Å². The Hall–Kier alpha value is -1.44. The number of likely N-dealkylation sites (tertiary alicyclic amines) is 1. The van der Waals surface area contributed by atoms with Gasteiger partial charge in [-0.25, -0.2) is 8.42 Å². The van der Waals surface area contributed by atoms with Crippen molar-refractivity contribution in [2.45, 2.75) is 63.2 Å². The van der Waals surface area contributed by atoms with Crippen LogP contribution in [-0.2, 0) is 14.8 Å². The van der Waals surface area contributed by atoms with E-state index in [1.807, 2.05) is 6.92 Å². The predicted octanol–water partition coefficient (Wildman–Crippen LogP) is 3.37. The van der Waals surface area contributed by atoms with Crippen molar-refractivity contribution in [3.8, 4) is 0 Å². The van der Waals surface area contributed by atoms with Crippen LogP contribution in [0.2, 0.25) is 0 Å². The molecule has 1 amide bonds. The number of amides is 1. The Morgan fingerprint density at radius 3 is 2.18 bits per heavy atom. The first-order chi connectivity index (χ1) is 13.5. The van der Waals surface area contributed by atoms with Crippen LogP contribution in [-0.4, -0.2) is 56.3 Å². The molecule has 7 heteroatoms. The molecule has 1 N–H and O–H groups in total. The summed E-state index contributed by atoms with van der Waals surface area (Å²) >= 11 is 0. The van der Waals surface area contributed by atoms with Crippen LogP contribution in [0.15, 0.2) is 23.1 Å². The van der Waals surface area contributed by atoms with E-state index >= 15 is 0 Å². The fraction of sp³-hybridized carbons (Fsp3) is 0.667. The molecule has 156 valence electrons. The lowest BCUT2D eigenvalue weighted by atomic mass is 10.1. The van der Waals surface area contributed by atoms with Gasteiger partial charge in [0.25, 0.3) is 0 Å². The summed E-state index contributed by atoms with van der Waals surface area (Å²) in [5, 5.41) is 2.90. The third kappa shape index (κ3) is 5.55. The Labute approximate surface area is 169 Å². The van der Waals surface area contributed by atoms with Crippen molar-refractivity contribution in [1.29, 1.82) is 0 Å². The van der Waals surface area contributed by atoms with Crippen LogP contribution in [0, 0.1) is 6.92 Å². The third-order valence-corrected chi connectivity index (χ3v) is 7.76. The lowest BCUT2D eigenvalue weighted by Crippen LogP contribution is -2.36. The Bertz CT molecular complexity index is 765. The molecule has 3 rings (SSSR count). The van der Waals surface area contributed by atoms with Crippen LogP contribution in [0.5, 0.6) is 0 Å². The summed E-state index contributed by atoms with van der Waals surface area (Å²) in [7, 11) is -3.52. The number of hydrogen-bond acceptors (Lipinski definition) is 4. The molecule has 2 aliphatic rings. The zero-order valence-corrected chi connectivity index (χ0v) is 17.8. The Morgan fingerprint density at radius 2 is 1.50 bits per heavy atom. The van der Waals surface area contributed by atoms with Crippen LogP contribution in [0.25, 0.3) is 0 Å². The van der Waals surface area contributed by atoms with E-state index in [4.69, 9.17) is 0 Å². The molecular formula is C21H33N3O3S. The van der Waals surface area contributed by atoms with Crippen molar-refractivity contribution in [3.05, 3.63) is 23.8 Å². The summed E-state index contributed by atoms with van der Waals surface area (Å²) in [6.45, 7) is 5.23. The van der Waals surface area contributed by atoms with Gasteiger partial charge in [-0.1, -0.05) is 31.7 Å². The van der Waals surface area contributed by atoms with Crippen molar-refractivity contribution in [2.24, 2.45) is 0 Å². The van der Waals surface area contributed by atoms with E-state index < -0.39 is 10.0 Å². The number of sulfonamides is 1. The minimum absolute atomic E-state index is 0.0780. The van der Waals surface area contributed by atoms with Gasteiger partial charge in [-0.15, -0.1) is 0 Å². The Balaban J connectivity index is 1.67. The highest BCUT2D eigenvalue weighted by Gasteiger charge is 2.27. The Kier molecular flexibility index (Phi) is 7.48. The monoisotopic (exact) mass is 407 g/mol. The summed E-state index contributed by atoms with van der Waals surface area (Å²) in [5.74, 6) is -0.0780. The fourth-order valence-electron chi connectivity index (χ4n) is 4.07. The molecule has 0 spiro atoms. The number of hydrogen-bond donors (Lipinski definition) is 1. The van der Waals surface area contributed by atoms with Crippen molar-refractivity contribution < 1.29 is 13.2 Å². The SMILES string of the molecule is Cc1ccc(NC(=O)CN2CCCCCCC2)cc1S(=O)(=O)N1CCCCC1. The summed E-state index contributed by atoms with van der Waals surface area (Å²) in [6.07, 6.45) is 8.91. The van der Waals surface area contributed by atoms with E-state index in [0.29, 0.717) is 35.8 Å². The number of aryl methyl sites for hydroxylation is 1. The summed E-state index contributed by atoms with van der Waals surface area (Å²) in [4.78, 5) is 15.0. The maximum absolute atomic E-state index is 13.0. The van der Waals surface area contributed by atoms with Crippen molar-refractivity contribution in [1.82, 2.24) is 9.21 Å². The number of carbonyl (C=O) groups is 1. The average Bonchev–Trinajstić information content (AvgIpc) is 2.66. The molecule has 2 aliphatic heterocycles. The number of anilines is 1. The van der Waals surface area contributed by atoms with Crippen LogP contribution < -0.4 is 5.32 Å². The number of piperidine rings is 1. The van der Waals surface area contributed by atoms with Gasteiger partial charge in [-0.3, -0.25) is 9.69 Å². The lowest BCUT2D eigenvalue weighted by molar-refractivity contribution is -0.117. The highest BCUT2D eigenvalue weighted by atomic mass is 32.2. The fourth-order valence-corrected chi connectivity index (χ4v) is 5.84. The first-order valence-electron chi connectivity index (χ1n) is 10.6. The molecule has 0 aromatic heterocycles. The predicted molar refractivity (Wildman–Crippen MR) is 112 cm³/mol. The first kappa shape index (κ1) is 21.3. The van der Waals surface area contributed by atoms with Crippen molar-refractivity contribution >= 4 is 21.6 Å². The van der Waals surface area contributed by atoms with Crippen LogP contribution in [0.4, 0.5) is 5.69 Å². The molecule has 2 fully saturated rings. The normalized spacial score (nSPS) is 20.3. The van der Waals surface area contributed by atoms with Crippen molar-refractivity contribution in [2.75, 3.05) is 38.0 Å². The molecule has 2 saturated heterocycles. The van der Waals surface area contributed by atoms with Gasteiger partial charge in [-0.2, -0.15) is 4.31 Å². The molecule has 6 nitrogen and oxygen atoms in total. The number of nitrogens with zero attached hydrogens (tertiary/aromatic N) is 2. The molecule has 0 radical (unpaired) electrons. The van der Waals surface area contributed by atoms with Gasteiger partial charge in [0.05, 0.1) is 11.4 Å². The smallest absolute Gasteiger partial charge is 0.243 e. The standard InChI is InChI=1S/C21H33N3O3S/c1-18-10-11-19(16-20(18)28(26,27)24-14-8-5-9-15-24)22-21(25)17-23-12-6-3-2-4-7-13-23/h10-11,16H,2-9,12-15,17H2,1H3,(H,22,25). The molecule has 1 aromatic rings. The highest BCUT2D eigenvalue weighted by Crippen LogP contribution is 2.26. The first-order valence-corrected chi connectivity index (χ1v) is 12.0. The topological polar surface area (TPSA) is 69.7 Å². The van der Waals surface area contributed by atoms with Gasteiger partial charge in [0.1, 0.15) is 0 Å². The number of carbonyl (C=O) groups excluding carboxylic acids is 1. The van der Waals surface area contributed by atoms with Gasteiger partial charge < -0.3 is 5.32 Å². The third-order valence-electron chi connectivity index (χ3n) is 5.72. The molecule has 0 atom stereocenters. The van der Waals surface area contributed by atoms with E-state index in [0.717, 1.165) is 45.2 Å². The quantitative estimate of drug-likeness (QED) is 0.812. The second kappa shape index (κ2) is 9.85. The van der Waals surface area contributed by atoms with Gasteiger partial charge in [0.2, 0.25) is 15.9 Å². The summed E-state index contributed by atoms with van der Waals surface area (Å²) < 4.78 is 27.7. The number of benzene rings is 1. The molecule has 0 bridgehead atoms. The van der Waals surface area contributed by atoms with Gasteiger partial charge in [0.15, 0.2) is 0 Å².